The number of hydrogen-bond donors (Lipinski definition) is 3. The van der Waals surface area contributed by atoms with E-state index >= 15 is 0 Å². The van der Waals surface area contributed by atoms with E-state index in [0.29, 0.717) is 13.0 Å². The molecule has 2 atom stereocenters. The number of halogens is 1. The van der Waals surface area contributed by atoms with E-state index in [-0.39, 0.29) is 12.4 Å². The minimum atomic E-state index is -0.454. The van der Waals surface area contributed by atoms with Crippen molar-refractivity contribution in [3.63, 3.8) is 0 Å². The van der Waals surface area contributed by atoms with Crippen molar-refractivity contribution in [1.82, 2.24) is 0 Å². The standard InChI is InChI=1S/C17H21NO2.ClH/c19-16(14-7-3-1-4-8-14)11-12-18-13-17(20)15-9-5-2-6-10-15;/h1-10,16-20H,11-13H2;1H. The molecule has 0 aliphatic carbocycles. The number of aliphatic hydroxyl groups excluding tert-OH is 2. The Bertz CT molecular complexity index is 445. The van der Waals surface area contributed by atoms with Gasteiger partial charge in [-0.25, -0.2) is 0 Å². The third-order valence-corrected chi connectivity index (χ3v) is 3.40. The molecule has 0 aliphatic rings. The van der Waals surface area contributed by atoms with Gasteiger partial charge in [-0.2, -0.15) is 0 Å². The van der Waals surface area contributed by atoms with E-state index in [0.717, 1.165) is 17.7 Å². The predicted octanol–water partition coefficient (Wildman–Crippen LogP) is -1.59. The summed E-state index contributed by atoms with van der Waals surface area (Å²) in [6, 6.07) is 19.3. The SMILES string of the molecule is OC(CC[NH2+]CC(O)c1ccccc1)c1ccccc1.[Cl-]. The first-order valence-electron chi connectivity index (χ1n) is 7.05. The number of hydrogen-bond acceptors (Lipinski definition) is 2. The zero-order chi connectivity index (χ0) is 14.2. The number of nitrogens with two attached hydrogens (primary N) is 1. The maximum absolute atomic E-state index is 10.0. The number of benzene rings is 2. The Kier molecular flexibility index (Phi) is 8.01. The van der Waals surface area contributed by atoms with Crippen LogP contribution in [0.4, 0.5) is 0 Å². The maximum atomic E-state index is 10.0. The van der Waals surface area contributed by atoms with Gasteiger partial charge in [0.05, 0.1) is 12.6 Å². The fourth-order valence-electron chi connectivity index (χ4n) is 2.20. The molecule has 0 aliphatic heterocycles. The van der Waals surface area contributed by atoms with Crippen LogP contribution in [0.3, 0.4) is 0 Å². The lowest BCUT2D eigenvalue weighted by Gasteiger charge is -2.12. The Morgan fingerprint density at radius 1 is 0.762 bits per heavy atom. The van der Waals surface area contributed by atoms with Crippen LogP contribution in [-0.2, 0) is 0 Å². The van der Waals surface area contributed by atoms with Gasteiger partial charge < -0.3 is 27.9 Å². The second-order valence-corrected chi connectivity index (χ2v) is 4.95. The van der Waals surface area contributed by atoms with Crippen molar-refractivity contribution in [1.29, 1.82) is 0 Å². The van der Waals surface area contributed by atoms with E-state index in [2.05, 4.69) is 0 Å². The lowest BCUT2D eigenvalue weighted by molar-refractivity contribution is -0.663. The first-order chi connectivity index (χ1) is 9.77. The Balaban J connectivity index is 0.00000220. The van der Waals surface area contributed by atoms with Crippen LogP contribution in [0.25, 0.3) is 0 Å². The Hall–Kier alpha value is -1.39. The van der Waals surface area contributed by atoms with Crippen LogP contribution >= 0.6 is 0 Å². The minimum absolute atomic E-state index is 0. The first kappa shape index (κ1) is 17.7. The summed E-state index contributed by atoms with van der Waals surface area (Å²) < 4.78 is 0. The zero-order valence-corrected chi connectivity index (χ0v) is 12.7. The van der Waals surface area contributed by atoms with Crippen LogP contribution in [0.2, 0.25) is 0 Å². The average molecular weight is 308 g/mol. The van der Waals surface area contributed by atoms with E-state index < -0.39 is 12.2 Å². The van der Waals surface area contributed by atoms with Crippen molar-refractivity contribution in [3.8, 4) is 0 Å². The van der Waals surface area contributed by atoms with E-state index in [1.165, 1.54) is 0 Å². The van der Waals surface area contributed by atoms with Crippen molar-refractivity contribution >= 4 is 0 Å². The molecule has 0 amide bonds. The van der Waals surface area contributed by atoms with E-state index in [9.17, 15) is 10.2 Å². The maximum Gasteiger partial charge on any atom is 0.128 e. The van der Waals surface area contributed by atoms with Gasteiger partial charge in [0.1, 0.15) is 12.6 Å². The molecule has 2 aromatic carbocycles. The first-order valence-corrected chi connectivity index (χ1v) is 7.05. The van der Waals surface area contributed by atoms with Gasteiger partial charge in [-0.05, 0) is 11.1 Å². The second-order valence-electron chi connectivity index (χ2n) is 4.95. The minimum Gasteiger partial charge on any atom is -1.00 e. The lowest BCUT2D eigenvalue weighted by atomic mass is 10.1. The summed E-state index contributed by atoms with van der Waals surface area (Å²) in [4.78, 5) is 0. The molecule has 4 heteroatoms. The molecule has 0 radical (unpaired) electrons. The second kappa shape index (κ2) is 9.53. The number of quaternary nitrogens is 1. The molecular weight excluding hydrogens is 286 g/mol. The molecule has 2 aromatic rings. The average Bonchev–Trinajstić information content (AvgIpc) is 2.53. The summed E-state index contributed by atoms with van der Waals surface area (Å²) in [5.41, 5.74) is 1.89. The van der Waals surface area contributed by atoms with Crippen LogP contribution in [-0.4, -0.2) is 23.3 Å². The molecule has 0 saturated carbocycles. The number of aliphatic hydroxyl groups is 2. The summed E-state index contributed by atoms with van der Waals surface area (Å²) in [6.07, 6.45) is -0.197. The molecule has 0 bridgehead atoms. The molecule has 0 aromatic heterocycles. The molecule has 0 saturated heterocycles. The predicted molar refractivity (Wildman–Crippen MR) is 79.1 cm³/mol. The molecule has 3 nitrogen and oxygen atoms in total. The van der Waals surface area contributed by atoms with Crippen LogP contribution < -0.4 is 17.7 Å². The van der Waals surface area contributed by atoms with E-state index in [1.807, 2.05) is 66.0 Å². The zero-order valence-electron chi connectivity index (χ0n) is 11.9. The van der Waals surface area contributed by atoms with Gasteiger partial charge >= 0.3 is 0 Å². The number of rotatable bonds is 7. The smallest absolute Gasteiger partial charge is 0.128 e. The van der Waals surface area contributed by atoms with Gasteiger partial charge in [0, 0.05) is 6.42 Å². The summed E-state index contributed by atoms with van der Waals surface area (Å²) in [5, 5.41) is 22.1. The highest BCUT2D eigenvalue weighted by Gasteiger charge is 2.10. The molecule has 0 fully saturated rings. The van der Waals surface area contributed by atoms with Crippen molar-refractivity contribution < 1.29 is 27.9 Å². The fraction of sp³-hybridized carbons (Fsp3) is 0.294. The third kappa shape index (κ3) is 5.86. The topological polar surface area (TPSA) is 57.1 Å². The Morgan fingerprint density at radius 3 is 1.76 bits per heavy atom. The van der Waals surface area contributed by atoms with Crippen molar-refractivity contribution in [2.45, 2.75) is 18.6 Å². The molecule has 0 spiro atoms. The van der Waals surface area contributed by atoms with Crippen molar-refractivity contribution in [3.05, 3.63) is 71.8 Å². The van der Waals surface area contributed by atoms with Gasteiger partial charge in [0.25, 0.3) is 0 Å². The quantitative estimate of drug-likeness (QED) is 0.540. The fourth-order valence-corrected chi connectivity index (χ4v) is 2.20. The Morgan fingerprint density at radius 2 is 1.24 bits per heavy atom. The molecule has 0 heterocycles. The molecule has 2 unspecified atom stereocenters. The normalized spacial score (nSPS) is 13.2. The summed E-state index contributed by atoms with van der Waals surface area (Å²) in [7, 11) is 0. The molecular formula is C17H22ClNO2. The lowest BCUT2D eigenvalue weighted by Crippen LogP contribution is -3.00. The van der Waals surface area contributed by atoms with Crippen molar-refractivity contribution in [2.75, 3.05) is 13.1 Å². The van der Waals surface area contributed by atoms with Crippen molar-refractivity contribution in [2.24, 2.45) is 0 Å². The Labute approximate surface area is 132 Å². The van der Waals surface area contributed by atoms with Crippen LogP contribution in [0.1, 0.15) is 29.8 Å². The van der Waals surface area contributed by atoms with Crippen LogP contribution in [0.15, 0.2) is 60.7 Å². The third-order valence-electron chi connectivity index (χ3n) is 3.40. The highest BCUT2D eigenvalue weighted by atomic mass is 35.5. The van der Waals surface area contributed by atoms with Gasteiger partial charge in [-0.1, -0.05) is 60.7 Å². The summed E-state index contributed by atoms with van der Waals surface area (Å²) in [5.74, 6) is 0. The van der Waals surface area contributed by atoms with E-state index in [1.54, 1.807) is 0 Å². The van der Waals surface area contributed by atoms with Gasteiger partial charge in [-0.15, -0.1) is 0 Å². The van der Waals surface area contributed by atoms with Crippen LogP contribution in [0.5, 0.6) is 0 Å². The summed E-state index contributed by atoms with van der Waals surface area (Å²) >= 11 is 0. The van der Waals surface area contributed by atoms with E-state index in [4.69, 9.17) is 0 Å². The molecule has 4 N–H and O–H groups in total. The van der Waals surface area contributed by atoms with Gasteiger partial charge in [0.2, 0.25) is 0 Å². The molecule has 21 heavy (non-hydrogen) atoms. The largest absolute Gasteiger partial charge is 1.00 e. The van der Waals surface area contributed by atoms with Crippen LogP contribution in [0, 0.1) is 0 Å². The highest BCUT2D eigenvalue weighted by molar-refractivity contribution is 5.17. The molecule has 2 rings (SSSR count). The summed E-state index contributed by atoms with van der Waals surface area (Å²) in [6.45, 7) is 1.41. The van der Waals surface area contributed by atoms with Gasteiger partial charge in [-0.3, -0.25) is 0 Å². The monoisotopic (exact) mass is 307 g/mol. The van der Waals surface area contributed by atoms with Gasteiger partial charge in [0.15, 0.2) is 0 Å². The molecule has 114 valence electrons. The highest BCUT2D eigenvalue weighted by Crippen LogP contribution is 2.14.